The Labute approximate surface area is 97.5 Å². The standard InChI is InChI=1S/C11H14FNO4/c1-11(5-14,6-15)13-8-4-2-3-7(12)9(8)10(16)17/h2-4,13-15H,5-6H2,1H3,(H,16,17). The Balaban J connectivity index is 3.15. The molecule has 0 spiro atoms. The second-order valence-electron chi connectivity index (χ2n) is 3.97. The Morgan fingerprint density at radius 3 is 2.47 bits per heavy atom. The quantitative estimate of drug-likeness (QED) is 0.610. The maximum absolute atomic E-state index is 13.3. The third-order valence-electron chi connectivity index (χ3n) is 2.36. The highest BCUT2D eigenvalue weighted by Crippen LogP contribution is 2.22. The van der Waals surface area contributed by atoms with Gasteiger partial charge in [0, 0.05) is 0 Å². The smallest absolute Gasteiger partial charge is 0.340 e. The zero-order chi connectivity index (χ0) is 13.1. The number of carboxylic acid groups (broad SMARTS) is 1. The van der Waals surface area contributed by atoms with Gasteiger partial charge in [-0.2, -0.15) is 0 Å². The van der Waals surface area contributed by atoms with E-state index in [1.165, 1.54) is 19.1 Å². The van der Waals surface area contributed by atoms with Crippen LogP contribution in [-0.4, -0.2) is 40.0 Å². The molecule has 0 aliphatic rings. The molecule has 6 heteroatoms. The first-order chi connectivity index (χ1) is 7.93. The molecule has 0 unspecified atom stereocenters. The van der Waals surface area contributed by atoms with Crippen LogP contribution in [0.3, 0.4) is 0 Å². The van der Waals surface area contributed by atoms with E-state index in [0.29, 0.717) is 0 Å². The van der Waals surface area contributed by atoms with Gasteiger partial charge in [0.2, 0.25) is 0 Å². The average Bonchev–Trinajstić information content (AvgIpc) is 2.28. The van der Waals surface area contributed by atoms with Crippen molar-refractivity contribution in [2.24, 2.45) is 0 Å². The molecule has 5 nitrogen and oxygen atoms in total. The number of aliphatic hydroxyl groups excluding tert-OH is 2. The number of anilines is 1. The number of aliphatic hydroxyl groups is 2. The van der Waals surface area contributed by atoms with Crippen LogP contribution in [0.4, 0.5) is 10.1 Å². The normalized spacial score (nSPS) is 11.3. The van der Waals surface area contributed by atoms with E-state index in [9.17, 15) is 9.18 Å². The van der Waals surface area contributed by atoms with Gasteiger partial charge < -0.3 is 20.6 Å². The monoisotopic (exact) mass is 243 g/mol. The van der Waals surface area contributed by atoms with Crippen molar-refractivity contribution < 1.29 is 24.5 Å². The SMILES string of the molecule is CC(CO)(CO)Nc1cccc(F)c1C(=O)O. The van der Waals surface area contributed by atoms with Crippen LogP contribution in [0, 0.1) is 5.82 Å². The third-order valence-corrected chi connectivity index (χ3v) is 2.36. The summed E-state index contributed by atoms with van der Waals surface area (Å²) in [6.45, 7) is 0.654. The van der Waals surface area contributed by atoms with Crippen LogP contribution in [0.5, 0.6) is 0 Å². The van der Waals surface area contributed by atoms with E-state index < -0.39 is 36.1 Å². The predicted octanol–water partition coefficient (Wildman–Crippen LogP) is 0.679. The molecule has 0 atom stereocenters. The van der Waals surface area contributed by atoms with E-state index in [4.69, 9.17) is 15.3 Å². The lowest BCUT2D eigenvalue weighted by Gasteiger charge is -2.28. The molecule has 0 aromatic heterocycles. The van der Waals surface area contributed by atoms with Gasteiger partial charge in [-0.15, -0.1) is 0 Å². The number of halogens is 1. The minimum absolute atomic E-state index is 0.0168. The van der Waals surface area contributed by atoms with Crippen molar-refractivity contribution in [2.45, 2.75) is 12.5 Å². The van der Waals surface area contributed by atoms with Gasteiger partial charge in [0.15, 0.2) is 0 Å². The van der Waals surface area contributed by atoms with Gasteiger partial charge in [0.1, 0.15) is 11.4 Å². The minimum Gasteiger partial charge on any atom is -0.478 e. The summed E-state index contributed by atoms with van der Waals surface area (Å²) in [6, 6.07) is 3.75. The van der Waals surface area contributed by atoms with E-state index in [1.54, 1.807) is 0 Å². The van der Waals surface area contributed by atoms with Gasteiger partial charge >= 0.3 is 5.97 Å². The maximum atomic E-state index is 13.3. The predicted molar refractivity (Wildman–Crippen MR) is 59.6 cm³/mol. The fourth-order valence-corrected chi connectivity index (χ4v) is 1.30. The Kier molecular flexibility index (Phi) is 4.03. The van der Waals surface area contributed by atoms with E-state index in [0.717, 1.165) is 6.07 Å². The summed E-state index contributed by atoms with van der Waals surface area (Å²) in [5.74, 6) is -2.29. The Hall–Kier alpha value is -1.66. The van der Waals surface area contributed by atoms with Crippen molar-refractivity contribution in [2.75, 3.05) is 18.5 Å². The first-order valence-corrected chi connectivity index (χ1v) is 4.95. The summed E-state index contributed by atoms with van der Waals surface area (Å²) in [4.78, 5) is 10.9. The molecule has 0 fully saturated rings. The molecule has 17 heavy (non-hydrogen) atoms. The summed E-state index contributed by atoms with van der Waals surface area (Å²) < 4.78 is 13.3. The van der Waals surface area contributed by atoms with Gasteiger partial charge in [-0.05, 0) is 19.1 Å². The Bertz CT molecular complexity index is 418. The van der Waals surface area contributed by atoms with Crippen LogP contribution in [0.25, 0.3) is 0 Å². The second-order valence-corrected chi connectivity index (χ2v) is 3.97. The number of nitrogens with one attached hydrogen (secondary N) is 1. The largest absolute Gasteiger partial charge is 0.478 e. The fraction of sp³-hybridized carbons (Fsp3) is 0.364. The molecule has 1 aromatic carbocycles. The van der Waals surface area contributed by atoms with Gasteiger partial charge in [0.25, 0.3) is 0 Å². The van der Waals surface area contributed by atoms with Crippen LogP contribution in [0.2, 0.25) is 0 Å². The number of carboxylic acids is 1. The van der Waals surface area contributed by atoms with E-state index >= 15 is 0 Å². The second kappa shape index (κ2) is 5.11. The van der Waals surface area contributed by atoms with Crippen molar-refractivity contribution in [1.29, 1.82) is 0 Å². The van der Waals surface area contributed by atoms with Crippen molar-refractivity contribution in [3.05, 3.63) is 29.6 Å². The van der Waals surface area contributed by atoms with E-state index in [1.807, 2.05) is 0 Å². The van der Waals surface area contributed by atoms with Gasteiger partial charge in [-0.3, -0.25) is 0 Å². The molecule has 0 saturated carbocycles. The van der Waals surface area contributed by atoms with Crippen LogP contribution < -0.4 is 5.32 Å². The van der Waals surface area contributed by atoms with Gasteiger partial charge in [-0.1, -0.05) is 6.07 Å². The summed E-state index contributed by atoms with van der Waals surface area (Å²) in [5.41, 5.74) is -1.61. The molecule has 0 aliphatic carbocycles. The average molecular weight is 243 g/mol. The maximum Gasteiger partial charge on any atom is 0.340 e. The summed E-state index contributed by atoms with van der Waals surface area (Å²) in [5, 5.41) is 29.7. The highest BCUT2D eigenvalue weighted by Gasteiger charge is 2.25. The van der Waals surface area contributed by atoms with Gasteiger partial charge in [-0.25, -0.2) is 9.18 Å². The lowest BCUT2D eigenvalue weighted by molar-refractivity contribution is 0.0692. The number of aromatic carboxylic acids is 1. The van der Waals surface area contributed by atoms with Crippen molar-refractivity contribution >= 4 is 11.7 Å². The van der Waals surface area contributed by atoms with E-state index in [-0.39, 0.29) is 5.69 Å². The zero-order valence-corrected chi connectivity index (χ0v) is 9.27. The first kappa shape index (κ1) is 13.4. The van der Waals surface area contributed by atoms with Crippen LogP contribution >= 0.6 is 0 Å². The van der Waals surface area contributed by atoms with Crippen LogP contribution in [0.15, 0.2) is 18.2 Å². The van der Waals surface area contributed by atoms with Crippen LogP contribution in [0.1, 0.15) is 17.3 Å². The molecular formula is C11H14FNO4. The highest BCUT2D eigenvalue weighted by atomic mass is 19.1. The molecule has 1 rings (SSSR count). The fourth-order valence-electron chi connectivity index (χ4n) is 1.30. The molecular weight excluding hydrogens is 229 g/mol. The van der Waals surface area contributed by atoms with Gasteiger partial charge in [0.05, 0.1) is 24.4 Å². The number of hydrogen-bond acceptors (Lipinski definition) is 4. The number of hydrogen-bond donors (Lipinski definition) is 4. The lowest BCUT2D eigenvalue weighted by atomic mass is 10.0. The summed E-state index contributed by atoms with van der Waals surface area (Å²) in [7, 11) is 0. The molecule has 94 valence electrons. The topological polar surface area (TPSA) is 89.8 Å². The molecule has 0 heterocycles. The van der Waals surface area contributed by atoms with Crippen molar-refractivity contribution in [3.63, 3.8) is 0 Å². The van der Waals surface area contributed by atoms with Crippen LogP contribution in [-0.2, 0) is 0 Å². The lowest BCUT2D eigenvalue weighted by Crippen LogP contribution is -2.43. The van der Waals surface area contributed by atoms with Crippen molar-refractivity contribution in [3.8, 4) is 0 Å². The number of benzene rings is 1. The van der Waals surface area contributed by atoms with Crippen molar-refractivity contribution in [1.82, 2.24) is 0 Å². The molecule has 0 radical (unpaired) electrons. The summed E-state index contributed by atoms with van der Waals surface area (Å²) >= 11 is 0. The third kappa shape index (κ3) is 2.92. The number of carbonyl (C=O) groups is 1. The molecule has 4 N–H and O–H groups in total. The highest BCUT2D eigenvalue weighted by molar-refractivity contribution is 5.94. The minimum atomic E-state index is -1.41. The van der Waals surface area contributed by atoms with E-state index in [2.05, 4.69) is 5.32 Å². The zero-order valence-electron chi connectivity index (χ0n) is 9.27. The molecule has 0 aliphatic heterocycles. The molecule has 1 aromatic rings. The number of rotatable bonds is 5. The molecule has 0 amide bonds. The molecule has 0 bridgehead atoms. The Morgan fingerprint density at radius 1 is 1.41 bits per heavy atom. The first-order valence-electron chi connectivity index (χ1n) is 4.95. The summed E-state index contributed by atoms with van der Waals surface area (Å²) in [6.07, 6.45) is 0. The molecule has 0 saturated heterocycles. The Morgan fingerprint density at radius 2 is 2.00 bits per heavy atom.